The lowest BCUT2D eigenvalue weighted by Gasteiger charge is -2.15. The van der Waals surface area contributed by atoms with E-state index >= 15 is 0 Å². The molecule has 0 spiro atoms. The fourth-order valence-corrected chi connectivity index (χ4v) is 3.72. The summed E-state index contributed by atoms with van der Waals surface area (Å²) in [5, 5.41) is 10.3. The molecule has 0 radical (unpaired) electrons. The highest BCUT2D eigenvalue weighted by Gasteiger charge is 2.26. The molecule has 0 saturated carbocycles. The summed E-state index contributed by atoms with van der Waals surface area (Å²) in [4.78, 5) is 24.5. The Bertz CT molecular complexity index is 584. The predicted molar refractivity (Wildman–Crippen MR) is 94.8 cm³/mol. The van der Waals surface area contributed by atoms with Gasteiger partial charge in [-0.05, 0) is 12.8 Å². The van der Waals surface area contributed by atoms with Crippen LogP contribution >= 0.6 is 11.8 Å². The number of methoxy groups -OCH3 is 1. The number of rotatable bonds is 9. The van der Waals surface area contributed by atoms with Crippen molar-refractivity contribution in [3.8, 4) is 0 Å². The van der Waals surface area contributed by atoms with Crippen molar-refractivity contribution in [3.05, 3.63) is 11.3 Å². The second kappa shape index (κ2) is 9.08. The second-order valence-electron chi connectivity index (χ2n) is 5.77. The maximum atomic E-state index is 12.4. The van der Waals surface area contributed by atoms with E-state index < -0.39 is 0 Å². The molecule has 0 unspecified atom stereocenters. The molecule has 0 atom stereocenters. The minimum atomic E-state index is -0.140. The Morgan fingerprint density at radius 3 is 2.75 bits per heavy atom. The van der Waals surface area contributed by atoms with Crippen molar-refractivity contribution in [3.63, 3.8) is 0 Å². The van der Waals surface area contributed by atoms with Crippen LogP contribution in [0.5, 0.6) is 0 Å². The molecule has 2 amide bonds. The minimum Gasteiger partial charge on any atom is -0.383 e. The molecule has 2 heterocycles. The van der Waals surface area contributed by atoms with Gasteiger partial charge in [-0.25, -0.2) is 4.68 Å². The van der Waals surface area contributed by atoms with Gasteiger partial charge in [0, 0.05) is 36.6 Å². The lowest BCUT2D eigenvalue weighted by molar-refractivity contribution is -0.122. The lowest BCUT2D eigenvalue weighted by atomic mass is 10.0. The largest absolute Gasteiger partial charge is 0.383 e. The standard InChI is InChI=1S/C16H26N4O3S/c1-4-11(5-2)16(22)18-15-12-9-24-10-13(12)19-20(15)8-14(21)17-6-7-23-3/h11H,4-10H2,1-3H3,(H,17,21)(H,18,22). The van der Waals surface area contributed by atoms with Crippen molar-refractivity contribution < 1.29 is 14.3 Å². The summed E-state index contributed by atoms with van der Waals surface area (Å²) in [6.45, 7) is 5.04. The molecule has 1 aliphatic heterocycles. The highest BCUT2D eigenvalue weighted by molar-refractivity contribution is 7.98. The number of anilines is 1. The van der Waals surface area contributed by atoms with E-state index in [0.29, 0.717) is 19.0 Å². The molecule has 0 bridgehead atoms. The van der Waals surface area contributed by atoms with Crippen LogP contribution in [-0.4, -0.2) is 41.9 Å². The first-order valence-corrected chi connectivity index (χ1v) is 9.48. The first-order chi connectivity index (χ1) is 11.6. The first-order valence-electron chi connectivity index (χ1n) is 8.33. The van der Waals surface area contributed by atoms with Crippen molar-refractivity contribution in [2.75, 3.05) is 25.6 Å². The molecule has 1 aromatic rings. The zero-order chi connectivity index (χ0) is 17.5. The quantitative estimate of drug-likeness (QED) is 0.660. The van der Waals surface area contributed by atoms with Crippen LogP contribution in [0.1, 0.15) is 37.9 Å². The fourth-order valence-electron chi connectivity index (χ4n) is 2.68. The van der Waals surface area contributed by atoms with Crippen molar-refractivity contribution in [1.29, 1.82) is 0 Å². The van der Waals surface area contributed by atoms with Gasteiger partial charge in [0.1, 0.15) is 12.4 Å². The van der Waals surface area contributed by atoms with E-state index in [4.69, 9.17) is 4.74 Å². The van der Waals surface area contributed by atoms with E-state index in [1.54, 1.807) is 23.6 Å². The first kappa shape index (κ1) is 18.8. The van der Waals surface area contributed by atoms with Gasteiger partial charge in [0.2, 0.25) is 11.8 Å². The Morgan fingerprint density at radius 2 is 2.08 bits per heavy atom. The molecule has 8 heteroatoms. The van der Waals surface area contributed by atoms with Crippen LogP contribution in [0.25, 0.3) is 0 Å². The van der Waals surface area contributed by atoms with E-state index in [2.05, 4.69) is 15.7 Å². The zero-order valence-electron chi connectivity index (χ0n) is 14.6. The molecule has 0 fully saturated rings. The molecular formula is C16H26N4O3S. The Hall–Kier alpha value is -1.54. The number of fused-ring (bicyclic) bond motifs is 1. The van der Waals surface area contributed by atoms with E-state index in [0.717, 1.165) is 35.6 Å². The zero-order valence-corrected chi connectivity index (χ0v) is 15.4. The number of nitrogens with zero attached hydrogens (tertiary/aromatic N) is 2. The third-order valence-corrected chi connectivity index (χ3v) is 5.11. The lowest BCUT2D eigenvalue weighted by Crippen LogP contribution is -2.32. The molecule has 0 aromatic carbocycles. The van der Waals surface area contributed by atoms with Crippen molar-refractivity contribution >= 4 is 29.4 Å². The molecule has 24 heavy (non-hydrogen) atoms. The van der Waals surface area contributed by atoms with Crippen molar-refractivity contribution in [2.24, 2.45) is 5.92 Å². The Kier molecular flexibility index (Phi) is 7.11. The van der Waals surface area contributed by atoms with Gasteiger partial charge < -0.3 is 15.4 Å². The van der Waals surface area contributed by atoms with Crippen LogP contribution in [0.3, 0.4) is 0 Å². The minimum absolute atomic E-state index is 0.000594. The number of nitrogens with one attached hydrogen (secondary N) is 2. The van der Waals surface area contributed by atoms with Gasteiger partial charge in [-0.1, -0.05) is 13.8 Å². The molecule has 0 saturated heterocycles. The monoisotopic (exact) mass is 354 g/mol. The molecule has 1 aliphatic rings. The van der Waals surface area contributed by atoms with E-state index in [1.807, 2.05) is 13.8 Å². The SMILES string of the molecule is CCC(CC)C(=O)Nc1c2c(nn1CC(=O)NCCOC)CSC2. The van der Waals surface area contributed by atoms with Crippen LogP contribution < -0.4 is 10.6 Å². The van der Waals surface area contributed by atoms with Gasteiger partial charge in [-0.2, -0.15) is 16.9 Å². The van der Waals surface area contributed by atoms with Gasteiger partial charge in [0.25, 0.3) is 0 Å². The van der Waals surface area contributed by atoms with Gasteiger partial charge in [-0.15, -0.1) is 0 Å². The average Bonchev–Trinajstić information content (AvgIpc) is 3.12. The van der Waals surface area contributed by atoms with Crippen molar-refractivity contribution in [2.45, 2.75) is 44.7 Å². The van der Waals surface area contributed by atoms with Crippen LogP contribution in [-0.2, 0) is 32.4 Å². The summed E-state index contributed by atoms with van der Waals surface area (Å²) >= 11 is 1.77. The molecule has 7 nitrogen and oxygen atoms in total. The third kappa shape index (κ3) is 4.51. The molecule has 0 aliphatic carbocycles. The van der Waals surface area contributed by atoms with Crippen LogP contribution in [0.15, 0.2) is 0 Å². The van der Waals surface area contributed by atoms with Crippen LogP contribution in [0.2, 0.25) is 0 Å². The summed E-state index contributed by atoms with van der Waals surface area (Å²) < 4.78 is 6.54. The van der Waals surface area contributed by atoms with Gasteiger partial charge in [0.05, 0.1) is 12.3 Å². The number of thioether (sulfide) groups is 1. The predicted octanol–water partition coefficient (Wildman–Crippen LogP) is 1.77. The summed E-state index contributed by atoms with van der Waals surface area (Å²) in [6.07, 6.45) is 1.59. The number of ether oxygens (including phenoxy) is 1. The van der Waals surface area contributed by atoms with Gasteiger partial charge >= 0.3 is 0 Å². The Balaban J connectivity index is 2.11. The second-order valence-corrected chi connectivity index (χ2v) is 6.76. The highest BCUT2D eigenvalue weighted by atomic mass is 32.2. The number of carbonyl (C=O) groups is 2. The van der Waals surface area contributed by atoms with Gasteiger partial charge in [-0.3, -0.25) is 9.59 Å². The highest BCUT2D eigenvalue weighted by Crippen LogP contribution is 2.35. The summed E-state index contributed by atoms with van der Waals surface area (Å²) in [5.74, 6) is 2.16. The number of aromatic nitrogens is 2. The number of hydrogen-bond donors (Lipinski definition) is 2. The molecule has 1 aromatic heterocycles. The summed E-state index contributed by atoms with van der Waals surface area (Å²) in [5.41, 5.74) is 2.01. The Morgan fingerprint density at radius 1 is 1.33 bits per heavy atom. The number of carbonyl (C=O) groups excluding carboxylic acids is 2. The molecule has 134 valence electrons. The summed E-state index contributed by atoms with van der Waals surface area (Å²) in [7, 11) is 1.59. The van der Waals surface area contributed by atoms with E-state index in [-0.39, 0.29) is 24.3 Å². The number of amides is 2. The average molecular weight is 354 g/mol. The van der Waals surface area contributed by atoms with Crippen LogP contribution in [0, 0.1) is 5.92 Å². The maximum absolute atomic E-state index is 12.4. The smallest absolute Gasteiger partial charge is 0.241 e. The molecular weight excluding hydrogens is 328 g/mol. The number of hydrogen-bond acceptors (Lipinski definition) is 5. The van der Waals surface area contributed by atoms with Crippen molar-refractivity contribution in [1.82, 2.24) is 15.1 Å². The van der Waals surface area contributed by atoms with E-state index in [9.17, 15) is 9.59 Å². The topological polar surface area (TPSA) is 85.2 Å². The van der Waals surface area contributed by atoms with Crippen LogP contribution in [0.4, 0.5) is 5.82 Å². The molecule has 2 rings (SSSR count). The van der Waals surface area contributed by atoms with E-state index in [1.165, 1.54) is 0 Å². The van der Waals surface area contributed by atoms with Gasteiger partial charge in [0.15, 0.2) is 0 Å². The Labute approximate surface area is 146 Å². The molecule has 2 N–H and O–H groups in total. The fraction of sp³-hybridized carbons (Fsp3) is 0.688. The third-order valence-electron chi connectivity index (χ3n) is 4.14. The summed E-state index contributed by atoms with van der Waals surface area (Å²) in [6, 6.07) is 0. The maximum Gasteiger partial charge on any atom is 0.241 e. The normalized spacial score (nSPS) is 13.2.